The Balaban J connectivity index is 1.71. The third kappa shape index (κ3) is 4.14. The zero-order chi connectivity index (χ0) is 14.4. The second kappa shape index (κ2) is 7.16. The summed E-state index contributed by atoms with van der Waals surface area (Å²) in [5.41, 5.74) is 0. The molecule has 0 unspecified atom stereocenters. The first kappa shape index (κ1) is 14.7. The highest BCUT2D eigenvalue weighted by Gasteiger charge is 2.08. The fraction of sp³-hybridized carbons (Fsp3) is 0.615. The lowest BCUT2D eigenvalue weighted by Gasteiger charge is -2.13. The summed E-state index contributed by atoms with van der Waals surface area (Å²) in [7, 11) is 1.61. The van der Waals surface area contributed by atoms with E-state index < -0.39 is 0 Å². The van der Waals surface area contributed by atoms with Crippen LogP contribution in [-0.4, -0.2) is 32.8 Å². The number of hydrogen-bond acceptors (Lipinski definition) is 6. The normalized spacial score (nSPS) is 12.8. The minimum absolute atomic E-state index is 0.356. The standard InChI is InChI=1S/C13H21N5O2/c1-10(4-6-18-7-5-14-11(18)2)15-8-13-16-12(9-19-3)17-20-13/h5,7,10,15H,4,6,8-9H2,1-3H3/t10-/m0/s1. The topological polar surface area (TPSA) is 78.0 Å². The van der Waals surface area contributed by atoms with Gasteiger partial charge >= 0.3 is 0 Å². The second-order valence-electron chi connectivity index (χ2n) is 4.78. The zero-order valence-electron chi connectivity index (χ0n) is 12.2. The van der Waals surface area contributed by atoms with Gasteiger partial charge in [-0.3, -0.25) is 0 Å². The first-order valence-electron chi connectivity index (χ1n) is 6.70. The van der Waals surface area contributed by atoms with Crippen molar-refractivity contribution < 1.29 is 9.26 Å². The Kier molecular flexibility index (Phi) is 5.25. The highest BCUT2D eigenvalue weighted by atomic mass is 16.5. The van der Waals surface area contributed by atoms with Crippen LogP contribution in [0.4, 0.5) is 0 Å². The number of aromatic nitrogens is 4. The highest BCUT2D eigenvalue weighted by molar-refractivity contribution is 4.89. The maximum Gasteiger partial charge on any atom is 0.240 e. The van der Waals surface area contributed by atoms with Gasteiger partial charge in [0.25, 0.3) is 0 Å². The smallest absolute Gasteiger partial charge is 0.240 e. The van der Waals surface area contributed by atoms with E-state index in [0.29, 0.717) is 30.9 Å². The van der Waals surface area contributed by atoms with Gasteiger partial charge in [0, 0.05) is 32.1 Å². The van der Waals surface area contributed by atoms with E-state index in [1.54, 1.807) is 7.11 Å². The average Bonchev–Trinajstić information content (AvgIpc) is 3.04. The number of ether oxygens (including phenoxy) is 1. The molecule has 0 saturated carbocycles. The van der Waals surface area contributed by atoms with Gasteiger partial charge < -0.3 is 19.1 Å². The minimum atomic E-state index is 0.356. The van der Waals surface area contributed by atoms with Crippen LogP contribution in [0.2, 0.25) is 0 Å². The van der Waals surface area contributed by atoms with E-state index in [4.69, 9.17) is 9.26 Å². The van der Waals surface area contributed by atoms with Crippen molar-refractivity contribution in [2.24, 2.45) is 0 Å². The predicted molar refractivity (Wildman–Crippen MR) is 72.9 cm³/mol. The largest absolute Gasteiger partial charge is 0.377 e. The monoisotopic (exact) mass is 279 g/mol. The van der Waals surface area contributed by atoms with Crippen molar-refractivity contribution in [1.29, 1.82) is 0 Å². The summed E-state index contributed by atoms with van der Waals surface area (Å²) in [4.78, 5) is 8.42. The Labute approximate surface area is 118 Å². The van der Waals surface area contributed by atoms with E-state index in [1.165, 1.54) is 0 Å². The van der Waals surface area contributed by atoms with E-state index in [9.17, 15) is 0 Å². The molecule has 0 radical (unpaired) electrons. The molecule has 0 aliphatic heterocycles. The van der Waals surface area contributed by atoms with E-state index in [-0.39, 0.29) is 0 Å². The van der Waals surface area contributed by atoms with E-state index in [1.807, 2.05) is 19.3 Å². The quantitative estimate of drug-likeness (QED) is 0.784. The fourth-order valence-corrected chi connectivity index (χ4v) is 1.89. The summed E-state index contributed by atoms with van der Waals surface area (Å²) < 4.78 is 12.2. The van der Waals surface area contributed by atoms with Gasteiger partial charge in [0.15, 0.2) is 5.82 Å². The Hall–Kier alpha value is -1.73. The second-order valence-corrected chi connectivity index (χ2v) is 4.78. The third-order valence-corrected chi connectivity index (χ3v) is 3.11. The van der Waals surface area contributed by atoms with Crippen molar-refractivity contribution in [1.82, 2.24) is 25.0 Å². The number of rotatable bonds is 8. The first-order chi connectivity index (χ1) is 9.69. The maximum absolute atomic E-state index is 5.12. The lowest BCUT2D eigenvalue weighted by atomic mass is 10.2. The first-order valence-corrected chi connectivity index (χ1v) is 6.70. The van der Waals surface area contributed by atoms with Crippen LogP contribution in [0.5, 0.6) is 0 Å². The number of aryl methyl sites for hydroxylation is 2. The van der Waals surface area contributed by atoms with Gasteiger partial charge in [-0.05, 0) is 20.3 Å². The number of imidazole rings is 1. The van der Waals surface area contributed by atoms with Gasteiger partial charge in [-0.2, -0.15) is 4.98 Å². The summed E-state index contributed by atoms with van der Waals surface area (Å²) in [6.45, 7) is 6.03. The molecule has 2 rings (SSSR count). The summed E-state index contributed by atoms with van der Waals surface area (Å²) in [6.07, 6.45) is 4.83. The molecule has 0 bridgehead atoms. The molecule has 0 aromatic carbocycles. The number of hydrogen-bond donors (Lipinski definition) is 1. The lowest BCUT2D eigenvalue weighted by Crippen LogP contribution is -2.27. The Morgan fingerprint density at radius 3 is 3.05 bits per heavy atom. The molecule has 0 aliphatic carbocycles. The van der Waals surface area contributed by atoms with Crippen LogP contribution in [0.15, 0.2) is 16.9 Å². The molecule has 1 atom stereocenters. The van der Waals surface area contributed by atoms with Gasteiger partial charge in [0.2, 0.25) is 5.89 Å². The van der Waals surface area contributed by atoms with Crippen LogP contribution < -0.4 is 5.32 Å². The molecule has 0 fully saturated rings. The number of methoxy groups -OCH3 is 1. The molecular formula is C13H21N5O2. The lowest BCUT2D eigenvalue weighted by molar-refractivity contribution is 0.174. The summed E-state index contributed by atoms with van der Waals surface area (Å²) in [5.74, 6) is 2.20. The van der Waals surface area contributed by atoms with Gasteiger partial charge in [-0.15, -0.1) is 0 Å². The molecule has 2 heterocycles. The van der Waals surface area contributed by atoms with Crippen LogP contribution in [0.3, 0.4) is 0 Å². The van der Waals surface area contributed by atoms with Crippen LogP contribution in [0, 0.1) is 6.92 Å². The zero-order valence-corrected chi connectivity index (χ0v) is 12.2. The molecule has 0 saturated heterocycles. The molecule has 110 valence electrons. The van der Waals surface area contributed by atoms with Crippen LogP contribution in [0.25, 0.3) is 0 Å². The molecule has 2 aromatic heterocycles. The Morgan fingerprint density at radius 1 is 1.50 bits per heavy atom. The van der Waals surface area contributed by atoms with E-state index in [0.717, 1.165) is 18.8 Å². The number of nitrogens with one attached hydrogen (secondary N) is 1. The molecule has 1 N–H and O–H groups in total. The van der Waals surface area contributed by atoms with Gasteiger partial charge in [-0.25, -0.2) is 4.98 Å². The van der Waals surface area contributed by atoms with Crippen molar-refractivity contribution in [2.45, 2.75) is 46.0 Å². The predicted octanol–water partition coefficient (Wildman–Crippen LogP) is 1.29. The van der Waals surface area contributed by atoms with Gasteiger partial charge in [0.1, 0.15) is 12.4 Å². The summed E-state index contributed by atoms with van der Waals surface area (Å²) in [5, 5.41) is 7.18. The van der Waals surface area contributed by atoms with E-state index >= 15 is 0 Å². The maximum atomic E-state index is 5.12. The third-order valence-electron chi connectivity index (χ3n) is 3.11. The van der Waals surface area contributed by atoms with Crippen molar-refractivity contribution in [3.63, 3.8) is 0 Å². The van der Waals surface area contributed by atoms with Crippen LogP contribution in [0.1, 0.15) is 30.9 Å². The SMILES string of the molecule is COCc1noc(CN[C@@H](C)CCn2ccnc2C)n1. The molecule has 0 amide bonds. The van der Waals surface area contributed by atoms with Gasteiger partial charge in [0.05, 0.1) is 6.54 Å². The van der Waals surface area contributed by atoms with Crippen molar-refractivity contribution >= 4 is 0 Å². The molecule has 0 spiro atoms. The highest BCUT2D eigenvalue weighted by Crippen LogP contribution is 2.02. The van der Waals surface area contributed by atoms with Crippen molar-refractivity contribution in [2.75, 3.05) is 7.11 Å². The summed E-state index contributed by atoms with van der Waals surface area (Å²) >= 11 is 0. The molecular weight excluding hydrogens is 258 g/mol. The van der Waals surface area contributed by atoms with E-state index in [2.05, 4.69) is 31.9 Å². The fourth-order valence-electron chi connectivity index (χ4n) is 1.89. The summed E-state index contributed by atoms with van der Waals surface area (Å²) in [6, 6.07) is 0.356. The Morgan fingerprint density at radius 2 is 2.35 bits per heavy atom. The average molecular weight is 279 g/mol. The number of nitrogens with zero attached hydrogens (tertiary/aromatic N) is 4. The van der Waals surface area contributed by atoms with Crippen molar-refractivity contribution in [3.8, 4) is 0 Å². The van der Waals surface area contributed by atoms with Crippen LogP contribution in [-0.2, 0) is 24.4 Å². The van der Waals surface area contributed by atoms with Crippen molar-refractivity contribution in [3.05, 3.63) is 29.9 Å². The van der Waals surface area contributed by atoms with Gasteiger partial charge in [-0.1, -0.05) is 5.16 Å². The molecule has 7 nitrogen and oxygen atoms in total. The molecule has 2 aromatic rings. The molecule has 7 heteroatoms. The van der Waals surface area contributed by atoms with Crippen LogP contribution >= 0.6 is 0 Å². The molecule has 0 aliphatic rings. The molecule has 20 heavy (non-hydrogen) atoms. The minimum Gasteiger partial charge on any atom is -0.377 e. The Bertz CT molecular complexity index is 522.